The molecule has 0 spiro atoms. The van der Waals surface area contributed by atoms with E-state index in [9.17, 15) is 9.59 Å². The van der Waals surface area contributed by atoms with E-state index >= 15 is 0 Å². The molecule has 2 N–H and O–H groups in total. The van der Waals surface area contributed by atoms with Crippen LogP contribution in [0.5, 0.6) is 11.5 Å². The van der Waals surface area contributed by atoms with Crippen LogP contribution in [-0.2, 0) is 0 Å². The minimum atomic E-state index is -0.350. The van der Waals surface area contributed by atoms with E-state index in [1.807, 2.05) is 6.92 Å². The number of nitrogens with one attached hydrogen (secondary N) is 2. The molecular weight excluding hydrogens is 358 g/mol. The van der Waals surface area contributed by atoms with Gasteiger partial charge in [0, 0.05) is 23.6 Å². The molecule has 0 saturated heterocycles. The first-order valence-corrected chi connectivity index (χ1v) is 8.64. The fraction of sp³-hybridized carbons (Fsp3) is 0.0952. The zero-order valence-electron chi connectivity index (χ0n) is 15.1. The Balaban J connectivity index is 1.52. The van der Waals surface area contributed by atoms with E-state index in [0.717, 1.165) is 5.69 Å². The summed E-state index contributed by atoms with van der Waals surface area (Å²) in [7, 11) is 0. The number of aromatic nitrogens is 1. The summed E-state index contributed by atoms with van der Waals surface area (Å²) in [5.74, 6) is 0.524. The number of pyridine rings is 1. The van der Waals surface area contributed by atoms with Gasteiger partial charge in [-0.2, -0.15) is 0 Å². The Morgan fingerprint density at radius 3 is 2.57 bits per heavy atom. The molecule has 140 valence electrons. The van der Waals surface area contributed by atoms with Gasteiger partial charge in [-0.15, -0.1) is 0 Å². The second kappa shape index (κ2) is 7.40. The van der Waals surface area contributed by atoms with Crippen LogP contribution in [0, 0.1) is 6.92 Å². The van der Waals surface area contributed by atoms with Crippen molar-refractivity contribution in [1.82, 2.24) is 4.98 Å². The standard InChI is InChI=1S/C21H17N3O4/c1-13-6-7-14(11-22-13)20(25)24-17-5-3-2-4-16(17)21(26)23-15-8-9-18-19(10-15)28-12-27-18/h2-11H,12H2,1H3,(H,23,26)(H,24,25). The molecule has 1 aromatic heterocycles. The summed E-state index contributed by atoms with van der Waals surface area (Å²) in [6, 6.07) is 15.4. The predicted octanol–water partition coefficient (Wildman–Crippen LogP) is 3.62. The van der Waals surface area contributed by atoms with Gasteiger partial charge in [0.1, 0.15) is 0 Å². The van der Waals surface area contributed by atoms with Crippen molar-refractivity contribution in [1.29, 1.82) is 0 Å². The summed E-state index contributed by atoms with van der Waals surface area (Å²) >= 11 is 0. The highest BCUT2D eigenvalue weighted by atomic mass is 16.7. The molecule has 2 amide bonds. The van der Waals surface area contributed by atoms with Gasteiger partial charge in [0.05, 0.1) is 16.8 Å². The van der Waals surface area contributed by atoms with Gasteiger partial charge in [0.25, 0.3) is 11.8 Å². The number of rotatable bonds is 4. The van der Waals surface area contributed by atoms with Crippen molar-refractivity contribution < 1.29 is 19.1 Å². The molecule has 4 rings (SSSR count). The molecule has 0 unspecified atom stereocenters. The predicted molar refractivity (Wildman–Crippen MR) is 104 cm³/mol. The first kappa shape index (κ1) is 17.5. The first-order valence-electron chi connectivity index (χ1n) is 8.64. The van der Waals surface area contributed by atoms with Crippen molar-refractivity contribution in [3.63, 3.8) is 0 Å². The maximum atomic E-state index is 12.8. The molecule has 2 heterocycles. The van der Waals surface area contributed by atoms with Crippen LogP contribution in [-0.4, -0.2) is 23.6 Å². The number of hydrogen-bond acceptors (Lipinski definition) is 5. The number of nitrogens with zero attached hydrogens (tertiary/aromatic N) is 1. The summed E-state index contributed by atoms with van der Waals surface area (Å²) in [6.07, 6.45) is 1.50. The Morgan fingerprint density at radius 1 is 0.929 bits per heavy atom. The molecule has 0 aliphatic carbocycles. The van der Waals surface area contributed by atoms with Crippen LogP contribution in [0.3, 0.4) is 0 Å². The van der Waals surface area contributed by atoms with Crippen molar-refractivity contribution in [2.45, 2.75) is 6.92 Å². The van der Waals surface area contributed by atoms with Crippen molar-refractivity contribution in [2.24, 2.45) is 0 Å². The summed E-state index contributed by atoms with van der Waals surface area (Å²) < 4.78 is 10.6. The number of amides is 2. The maximum absolute atomic E-state index is 12.8. The van der Waals surface area contributed by atoms with Crippen molar-refractivity contribution in [3.8, 4) is 11.5 Å². The molecule has 0 fully saturated rings. The fourth-order valence-corrected chi connectivity index (χ4v) is 2.76. The third kappa shape index (κ3) is 3.64. The molecular formula is C21H17N3O4. The number of ether oxygens (including phenoxy) is 2. The van der Waals surface area contributed by atoms with Gasteiger partial charge in [0.15, 0.2) is 11.5 Å². The van der Waals surface area contributed by atoms with Gasteiger partial charge in [0.2, 0.25) is 6.79 Å². The van der Waals surface area contributed by atoms with E-state index in [-0.39, 0.29) is 18.6 Å². The third-order valence-electron chi connectivity index (χ3n) is 4.22. The van der Waals surface area contributed by atoms with Crippen molar-refractivity contribution in [3.05, 3.63) is 77.6 Å². The monoisotopic (exact) mass is 375 g/mol. The van der Waals surface area contributed by atoms with Gasteiger partial charge in [-0.05, 0) is 43.3 Å². The second-order valence-corrected chi connectivity index (χ2v) is 6.21. The van der Waals surface area contributed by atoms with E-state index < -0.39 is 0 Å². The highest BCUT2D eigenvalue weighted by Gasteiger charge is 2.17. The molecule has 7 heteroatoms. The molecule has 1 aliphatic heterocycles. The highest BCUT2D eigenvalue weighted by Crippen LogP contribution is 2.34. The third-order valence-corrected chi connectivity index (χ3v) is 4.22. The largest absolute Gasteiger partial charge is 0.454 e. The van der Waals surface area contributed by atoms with Gasteiger partial charge >= 0.3 is 0 Å². The zero-order chi connectivity index (χ0) is 19.5. The normalized spacial score (nSPS) is 11.8. The molecule has 2 aromatic carbocycles. The number of aryl methyl sites for hydroxylation is 1. The Morgan fingerprint density at radius 2 is 1.75 bits per heavy atom. The summed E-state index contributed by atoms with van der Waals surface area (Å²) in [5.41, 5.74) is 2.55. The van der Waals surface area contributed by atoms with E-state index in [1.165, 1.54) is 6.20 Å². The van der Waals surface area contributed by atoms with Crippen LogP contribution < -0.4 is 20.1 Å². The quantitative estimate of drug-likeness (QED) is 0.727. The van der Waals surface area contributed by atoms with E-state index in [2.05, 4.69) is 15.6 Å². The van der Waals surface area contributed by atoms with Gasteiger partial charge in [-0.3, -0.25) is 14.6 Å². The smallest absolute Gasteiger partial charge is 0.257 e. The van der Waals surface area contributed by atoms with Crippen LogP contribution in [0.1, 0.15) is 26.4 Å². The topological polar surface area (TPSA) is 89.6 Å². The van der Waals surface area contributed by atoms with Gasteiger partial charge < -0.3 is 20.1 Å². The molecule has 0 saturated carbocycles. The Hall–Kier alpha value is -3.87. The number of fused-ring (bicyclic) bond motifs is 1. The maximum Gasteiger partial charge on any atom is 0.257 e. The van der Waals surface area contributed by atoms with Crippen LogP contribution in [0.15, 0.2) is 60.8 Å². The Bertz CT molecular complexity index is 1050. The molecule has 0 atom stereocenters. The van der Waals surface area contributed by atoms with Gasteiger partial charge in [-0.25, -0.2) is 0 Å². The summed E-state index contributed by atoms with van der Waals surface area (Å²) in [6.45, 7) is 2.01. The highest BCUT2D eigenvalue weighted by molar-refractivity contribution is 6.12. The number of benzene rings is 2. The molecule has 28 heavy (non-hydrogen) atoms. The number of carbonyl (C=O) groups is 2. The second-order valence-electron chi connectivity index (χ2n) is 6.21. The first-order chi connectivity index (χ1) is 13.6. The Kier molecular flexibility index (Phi) is 4.63. The Labute approximate surface area is 161 Å². The van der Waals surface area contributed by atoms with Crippen LogP contribution >= 0.6 is 0 Å². The minimum absolute atomic E-state index is 0.162. The average Bonchev–Trinajstić information content (AvgIpc) is 3.16. The van der Waals surface area contributed by atoms with Crippen molar-refractivity contribution >= 4 is 23.2 Å². The lowest BCUT2D eigenvalue weighted by Crippen LogP contribution is -2.18. The van der Waals surface area contributed by atoms with E-state index in [0.29, 0.717) is 34.0 Å². The molecule has 1 aliphatic rings. The SMILES string of the molecule is Cc1ccc(C(=O)Nc2ccccc2C(=O)Nc2ccc3c(c2)OCO3)cn1. The van der Waals surface area contributed by atoms with E-state index in [1.54, 1.807) is 54.6 Å². The number of hydrogen-bond donors (Lipinski definition) is 2. The molecule has 7 nitrogen and oxygen atoms in total. The summed E-state index contributed by atoms with van der Waals surface area (Å²) in [5, 5.41) is 5.58. The van der Waals surface area contributed by atoms with Crippen LogP contribution in [0.25, 0.3) is 0 Å². The lowest BCUT2D eigenvalue weighted by atomic mass is 10.1. The lowest BCUT2D eigenvalue weighted by Gasteiger charge is -2.12. The minimum Gasteiger partial charge on any atom is -0.454 e. The van der Waals surface area contributed by atoms with Crippen molar-refractivity contribution in [2.75, 3.05) is 17.4 Å². The zero-order valence-corrected chi connectivity index (χ0v) is 15.1. The van der Waals surface area contributed by atoms with Crippen LogP contribution in [0.2, 0.25) is 0 Å². The molecule has 0 radical (unpaired) electrons. The number of para-hydroxylation sites is 1. The number of carbonyl (C=O) groups excluding carboxylic acids is 2. The number of anilines is 2. The fourth-order valence-electron chi connectivity index (χ4n) is 2.76. The summed E-state index contributed by atoms with van der Waals surface area (Å²) in [4.78, 5) is 29.3. The lowest BCUT2D eigenvalue weighted by molar-refractivity contribution is 0.102. The molecule has 0 bridgehead atoms. The van der Waals surface area contributed by atoms with Gasteiger partial charge in [-0.1, -0.05) is 12.1 Å². The van der Waals surface area contributed by atoms with E-state index in [4.69, 9.17) is 9.47 Å². The molecule has 3 aromatic rings. The van der Waals surface area contributed by atoms with Crippen LogP contribution in [0.4, 0.5) is 11.4 Å². The average molecular weight is 375 g/mol.